The van der Waals surface area contributed by atoms with Gasteiger partial charge in [0.25, 0.3) is 0 Å². The van der Waals surface area contributed by atoms with Gasteiger partial charge in [0, 0.05) is 17.2 Å². The van der Waals surface area contributed by atoms with Gasteiger partial charge in [0.05, 0.1) is 17.5 Å². The second-order valence-corrected chi connectivity index (χ2v) is 8.42. The second kappa shape index (κ2) is 6.15. The van der Waals surface area contributed by atoms with Crippen LogP contribution in [0.2, 0.25) is 0 Å². The van der Waals surface area contributed by atoms with E-state index < -0.39 is 52.6 Å². The summed E-state index contributed by atoms with van der Waals surface area (Å²) in [5.74, 6) is -4.62. The Morgan fingerprint density at radius 3 is 2.00 bits per heavy atom. The molecule has 2 heterocycles. The molecule has 7 heteroatoms. The molecule has 0 unspecified atom stereocenters. The summed E-state index contributed by atoms with van der Waals surface area (Å²) in [7, 11) is 0. The van der Waals surface area contributed by atoms with Crippen LogP contribution in [0.1, 0.15) is 34.6 Å². The van der Waals surface area contributed by atoms with Crippen LogP contribution in [0.15, 0.2) is 48.5 Å². The minimum absolute atomic E-state index is 0.105. The van der Waals surface area contributed by atoms with Gasteiger partial charge in [-0.3, -0.25) is 24.5 Å². The topological polar surface area (TPSA) is 83.6 Å². The molecular formula is C23H19FN2O4. The lowest BCUT2D eigenvalue weighted by atomic mass is 9.76. The van der Waals surface area contributed by atoms with Crippen molar-refractivity contribution in [2.24, 2.45) is 17.8 Å². The quantitative estimate of drug-likeness (QED) is 0.612. The molecule has 152 valence electrons. The molecule has 3 atom stereocenters. The van der Waals surface area contributed by atoms with Gasteiger partial charge >= 0.3 is 0 Å². The fourth-order valence-corrected chi connectivity index (χ4v) is 5.20. The van der Waals surface area contributed by atoms with E-state index in [0.29, 0.717) is 0 Å². The minimum Gasteiger partial charge on any atom is -0.294 e. The van der Waals surface area contributed by atoms with Crippen molar-refractivity contribution in [1.29, 1.82) is 0 Å². The Bertz CT molecular complexity index is 1090. The molecule has 2 amide bonds. The standard InChI is InChI=1S/C23H19FN2O4/c1-11(2)18-16-17(22(30)26(21(16)29)13-9-7-12(24)8-10-13)23(25-18)19(27)14-5-3-4-6-15(14)20(23)28/h3-11,16-18,25H,1-2H3/t16-,17+,18-/m0/s1. The molecule has 0 saturated carbocycles. The number of amides is 2. The number of Topliss-reactive ketones (excluding diaryl/α,β-unsaturated/α-hetero) is 2. The van der Waals surface area contributed by atoms with Crippen molar-refractivity contribution in [3.8, 4) is 0 Å². The second-order valence-electron chi connectivity index (χ2n) is 8.42. The molecule has 2 aromatic rings. The molecular weight excluding hydrogens is 387 g/mol. The van der Waals surface area contributed by atoms with Crippen molar-refractivity contribution in [3.05, 3.63) is 65.5 Å². The number of benzene rings is 2. The molecule has 2 aromatic carbocycles. The van der Waals surface area contributed by atoms with Crippen LogP contribution in [-0.4, -0.2) is 35.0 Å². The van der Waals surface area contributed by atoms with Gasteiger partial charge in [-0.1, -0.05) is 38.1 Å². The van der Waals surface area contributed by atoms with Crippen molar-refractivity contribution in [2.45, 2.75) is 25.4 Å². The lowest BCUT2D eigenvalue weighted by Gasteiger charge is -2.29. The zero-order valence-corrected chi connectivity index (χ0v) is 16.4. The minimum atomic E-state index is -1.79. The Morgan fingerprint density at radius 2 is 1.47 bits per heavy atom. The monoisotopic (exact) mass is 406 g/mol. The van der Waals surface area contributed by atoms with E-state index in [9.17, 15) is 23.6 Å². The molecule has 6 nitrogen and oxygen atoms in total. The number of carbonyl (C=O) groups excluding carboxylic acids is 4. The zero-order valence-electron chi connectivity index (χ0n) is 16.4. The summed E-state index contributed by atoms with van der Waals surface area (Å²) in [5.41, 5.74) is -1.03. The summed E-state index contributed by atoms with van der Waals surface area (Å²) < 4.78 is 13.4. The first-order valence-corrected chi connectivity index (χ1v) is 9.88. The summed E-state index contributed by atoms with van der Waals surface area (Å²) in [6, 6.07) is 11.0. The third kappa shape index (κ3) is 2.15. The van der Waals surface area contributed by atoms with Gasteiger partial charge in [-0.2, -0.15) is 0 Å². The number of ketones is 2. The van der Waals surface area contributed by atoms with Gasteiger partial charge in [-0.05, 0) is 30.2 Å². The third-order valence-electron chi connectivity index (χ3n) is 6.53. The number of hydrogen-bond acceptors (Lipinski definition) is 5. The van der Waals surface area contributed by atoms with Gasteiger partial charge in [0.15, 0.2) is 17.1 Å². The largest absolute Gasteiger partial charge is 0.294 e. The summed E-state index contributed by atoms with van der Waals surface area (Å²) in [6.07, 6.45) is 0. The van der Waals surface area contributed by atoms with E-state index in [1.807, 2.05) is 13.8 Å². The summed E-state index contributed by atoms with van der Waals surface area (Å²) in [4.78, 5) is 54.8. The average molecular weight is 406 g/mol. The first-order valence-electron chi connectivity index (χ1n) is 9.88. The Labute approximate surface area is 172 Å². The maximum atomic E-state index is 13.5. The molecule has 5 rings (SSSR count). The van der Waals surface area contributed by atoms with Gasteiger partial charge in [0.1, 0.15) is 5.82 Å². The highest BCUT2D eigenvalue weighted by Crippen LogP contribution is 2.50. The van der Waals surface area contributed by atoms with Crippen LogP contribution in [-0.2, 0) is 9.59 Å². The molecule has 0 aromatic heterocycles. The van der Waals surface area contributed by atoms with E-state index in [0.717, 1.165) is 4.90 Å². The first kappa shape index (κ1) is 18.8. The van der Waals surface area contributed by atoms with Crippen LogP contribution in [0.4, 0.5) is 10.1 Å². The van der Waals surface area contributed by atoms with Gasteiger partial charge in [-0.15, -0.1) is 0 Å². The number of fused-ring (bicyclic) bond motifs is 3. The normalized spacial score (nSPS) is 26.8. The highest BCUT2D eigenvalue weighted by atomic mass is 19.1. The molecule has 2 saturated heterocycles. The highest BCUT2D eigenvalue weighted by molar-refractivity contribution is 6.37. The first-order chi connectivity index (χ1) is 14.3. The van der Waals surface area contributed by atoms with Crippen LogP contribution in [0, 0.1) is 23.6 Å². The number of halogens is 1. The van der Waals surface area contributed by atoms with Gasteiger partial charge in [-0.25, -0.2) is 9.29 Å². The van der Waals surface area contributed by atoms with E-state index in [-0.39, 0.29) is 22.7 Å². The van der Waals surface area contributed by atoms with E-state index in [2.05, 4.69) is 5.32 Å². The maximum Gasteiger partial charge on any atom is 0.240 e. The predicted molar refractivity (Wildman–Crippen MR) is 105 cm³/mol. The highest BCUT2D eigenvalue weighted by Gasteiger charge is 2.73. The Morgan fingerprint density at radius 1 is 0.900 bits per heavy atom. The van der Waals surface area contributed by atoms with Crippen LogP contribution in [0.25, 0.3) is 0 Å². The van der Waals surface area contributed by atoms with Gasteiger partial charge < -0.3 is 0 Å². The molecule has 0 bridgehead atoms. The van der Waals surface area contributed by atoms with Crippen molar-refractivity contribution in [3.63, 3.8) is 0 Å². The van der Waals surface area contributed by atoms with Crippen LogP contribution in [0.5, 0.6) is 0 Å². The number of rotatable bonds is 2. The summed E-state index contributed by atoms with van der Waals surface area (Å²) in [5, 5.41) is 3.13. The van der Waals surface area contributed by atoms with Crippen molar-refractivity contribution >= 4 is 29.1 Å². The van der Waals surface area contributed by atoms with E-state index in [1.54, 1.807) is 24.3 Å². The average Bonchev–Trinajstić information content (AvgIpc) is 3.29. The van der Waals surface area contributed by atoms with E-state index in [1.165, 1.54) is 24.3 Å². The van der Waals surface area contributed by atoms with E-state index in [4.69, 9.17) is 0 Å². The van der Waals surface area contributed by atoms with E-state index >= 15 is 0 Å². The Balaban J connectivity index is 1.67. The van der Waals surface area contributed by atoms with Crippen LogP contribution in [0.3, 0.4) is 0 Å². The smallest absolute Gasteiger partial charge is 0.240 e. The third-order valence-corrected chi connectivity index (χ3v) is 6.53. The van der Waals surface area contributed by atoms with Crippen LogP contribution >= 0.6 is 0 Å². The molecule has 3 aliphatic rings. The molecule has 1 N–H and O–H groups in total. The Hall–Kier alpha value is -3.19. The lowest BCUT2D eigenvalue weighted by Crippen LogP contribution is -2.59. The SMILES string of the molecule is CC(C)[C@@H]1NC2(C(=O)c3ccccc3C2=O)[C@H]2C(=O)N(c3ccc(F)cc3)C(=O)[C@H]12. The molecule has 1 spiro atoms. The van der Waals surface area contributed by atoms with Crippen molar-refractivity contribution < 1.29 is 23.6 Å². The summed E-state index contributed by atoms with van der Waals surface area (Å²) >= 11 is 0. The predicted octanol–water partition coefficient (Wildman–Crippen LogP) is 2.38. The number of imide groups is 1. The molecule has 2 fully saturated rings. The number of nitrogens with one attached hydrogen (secondary N) is 1. The summed E-state index contributed by atoms with van der Waals surface area (Å²) in [6.45, 7) is 3.76. The molecule has 30 heavy (non-hydrogen) atoms. The van der Waals surface area contributed by atoms with Gasteiger partial charge in [0.2, 0.25) is 11.8 Å². The fraction of sp³-hybridized carbons (Fsp3) is 0.304. The zero-order chi connectivity index (χ0) is 21.4. The lowest BCUT2D eigenvalue weighted by molar-refractivity contribution is -0.123. The van der Waals surface area contributed by atoms with Crippen LogP contribution < -0.4 is 10.2 Å². The Kier molecular flexibility index (Phi) is 3.86. The van der Waals surface area contributed by atoms with Crippen molar-refractivity contribution in [1.82, 2.24) is 5.32 Å². The number of nitrogens with zero attached hydrogens (tertiary/aromatic N) is 1. The number of hydrogen-bond donors (Lipinski definition) is 1. The maximum absolute atomic E-state index is 13.5. The molecule has 2 aliphatic heterocycles. The molecule has 0 radical (unpaired) electrons. The number of carbonyl (C=O) groups is 4. The number of anilines is 1. The fourth-order valence-electron chi connectivity index (χ4n) is 5.20. The molecule has 1 aliphatic carbocycles. The van der Waals surface area contributed by atoms with Crippen molar-refractivity contribution in [2.75, 3.05) is 4.90 Å².